The average Bonchev–Trinajstić information content (AvgIpc) is 2.39. The molecule has 0 aromatic carbocycles. The molecule has 1 atom stereocenters. The van der Waals surface area contributed by atoms with Gasteiger partial charge in [0.05, 0.1) is 25.6 Å². The summed E-state index contributed by atoms with van der Waals surface area (Å²) in [4.78, 5) is 22.7. The highest BCUT2D eigenvalue weighted by atomic mass is 16.5. The lowest BCUT2D eigenvalue weighted by molar-refractivity contribution is -0.153. The minimum absolute atomic E-state index is 0.0592. The molecule has 0 N–H and O–H groups in total. The Balaban J connectivity index is 3.58. The van der Waals surface area contributed by atoms with Crippen LogP contribution in [0.1, 0.15) is 72.1 Å². The fraction of sp³-hybridized carbons (Fsp3) is 0.867. The van der Waals surface area contributed by atoms with E-state index in [0.717, 1.165) is 19.3 Å². The van der Waals surface area contributed by atoms with E-state index in [1.807, 2.05) is 13.8 Å². The number of esters is 2. The van der Waals surface area contributed by atoms with Gasteiger partial charge in [-0.3, -0.25) is 9.59 Å². The molecular formula is C15H28O4. The number of rotatable bonds is 11. The Morgan fingerprint density at radius 1 is 0.947 bits per heavy atom. The quantitative estimate of drug-likeness (QED) is 0.426. The van der Waals surface area contributed by atoms with Gasteiger partial charge in [-0.15, -0.1) is 0 Å². The Morgan fingerprint density at radius 2 is 1.63 bits per heavy atom. The third-order valence-corrected chi connectivity index (χ3v) is 2.80. The third-order valence-electron chi connectivity index (χ3n) is 2.80. The lowest BCUT2D eigenvalue weighted by Gasteiger charge is -2.12. The van der Waals surface area contributed by atoms with E-state index in [9.17, 15) is 9.59 Å². The first-order valence-corrected chi connectivity index (χ1v) is 7.45. The van der Waals surface area contributed by atoms with Crippen LogP contribution in [0.25, 0.3) is 0 Å². The van der Waals surface area contributed by atoms with Gasteiger partial charge in [-0.05, 0) is 26.2 Å². The summed E-state index contributed by atoms with van der Waals surface area (Å²) in [6.45, 7) is 6.42. The van der Waals surface area contributed by atoms with Crippen LogP contribution >= 0.6 is 0 Å². The van der Waals surface area contributed by atoms with Crippen molar-refractivity contribution >= 4 is 11.9 Å². The van der Waals surface area contributed by atoms with Crippen LogP contribution in [0.4, 0.5) is 0 Å². The lowest BCUT2D eigenvalue weighted by Crippen LogP contribution is -2.16. The molecular weight excluding hydrogens is 244 g/mol. The van der Waals surface area contributed by atoms with Gasteiger partial charge in [0, 0.05) is 0 Å². The second-order valence-corrected chi connectivity index (χ2v) is 4.87. The first-order valence-electron chi connectivity index (χ1n) is 7.45. The highest BCUT2D eigenvalue weighted by Crippen LogP contribution is 2.09. The largest absolute Gasteiger partial charge is 0.466 e. The molecule has 1 unspecified atom stereocenters. The normalized spacial score (nSPS) is 11.9. The van der Waals surface area contributed by atoms with Gasteiger partial charge in [-0.2, -0.15) is 0 Å². The van der Waals surface area contributed by atoms with E-state index in [0.29, 0.717) is 6.61 Å². The summed E-state index contributed by atoms with van der Waals surface area (Å²) in [5, 5.41) is 0. The number of carbonyl (C=O) groups excluding carboxylic acids is 2. The monoisotopic (exact) mass is 272 g/mol. The minimum atomic E-state index is -0.325. The number of unbranched alkanes of at least 4 members (excludes halogenated alkanes) is 3. The second-order valence-electron chi connectivity index (χ2n) is 4.87. The Morgan fingerprint density at radius 3 is 2.26 bits per heavy atom. The molecule has 19 heavy (non-hydrogen) atoms. The van der Waals surface area contributed by atoms with Crippen molar-refractivity contribution in [2.45, 2.75) is 78.2 Å². The van der Waals surface area contributed by atoms with Crippen molar-refractivity contribution in [3.63, 3.8) is 0 Å². The predicted octanol–water partition coefficient (Wildman–Crippen LogP) is 3.62. The molecule has 4 nitrogen and oxygen atoms in total. The molecule has 0 bridgehead atoms. The van der Waals surface area contributed by atoms with Crippen LogP contribution in [0.5, 0.6) is 0 Å². The smallest absolute Gasteiger partial charge is 0.306 e. The van der Waals surface area contributed by atoms with Gasteiger partial charge in [-0.25, -0.2) is 0 Å². The molecule has 0 aromatic heterocycles. The van der Waals surface area contributed by atoms with Gasteiger partial charge < -0.3 is 9.47 Å². The number of ether oxygens (including phenoxy) is 2. The second kappa shape index (κ2) is 12.0. The van der Waals surface area contributed by atoms with Crippen molar-refractivity contribution in [2.24, 2.45) is 0 Å². The highest BCUT2D eigenvalue weighted by molar-refractivity contribution is 5.77. The summed E-state index contributed by atoms with van der Waals surface area (Å²) in [6, 6.07) is 0. The van der Waals surface area contributed by atoms with E-state index in [1.165, 1.54) is 19.3 Å². The molecule has 0 saturated carbocycles. The zero-order valence-electron chi connectivity index (χ0n) is 12.6. The maximum absolute atomic E-state index is 11.5. The Labute approximate surface area is 116 Å². The molecule has 4 heteroatoms. The minimum Gasteiger partial charge on any atom is -0.466 e. The van der Waals surface area contributed by atoms with E-state index in [4.69, 9.17) is 9.47 Å². The maximum atomic E-state index is 11.5. The van der Waals surface area contributed by atoms with Gasteiger partial charge >= 0.3 is 11.9 Å². The van der Waals surface area contributed by atoms with Crippen LogP contribution < -0.4 is 0 Å². The van der Waals surface area contributed by atoms with E-state index in [1.54, 1.807) is 0 Å². The van der Waals surface area contributed by atoms with Gasteiger partial charge in [0.2, 0.25) is 0 Å². The van der Waals surface area contributed by atoms with E-state index >= 15 is 0 Å². The van der Waals surface area contributed by atoms with Crippen LogP contribution in [-0.2, 0) is 19.1 Å². The number of hydrogen-bond acceptors (Lipinski definition) is 4. The summed E-state index contributed by atoms with van der Waals surface area (Å²) in [5.41, 5.74) is 0. The van der Waals surface area contributed by atoms with Crippen LogP contribution in [0.15, 0.2) is 0 Å². The summed E-state index contributed by atoms with van der Waals surface area (Å²) in [7, 11) is 0. The van der Waals surface area contributed by atoms with E-state index in [2.05, 4.69) is 6.92 Å². The Kier molecular flexibility index (Phi) is 11.3. The summed E-state index contributed by atoms with van der Waals surface area (Å²) < 4.78 is 10.1. The number of carbonyl (C=O) groups is 2. The summed E-state index contributed by atoms with van der Waals surface area (Å²) >= 11 is 0. The zero-order chi connectivity index (χ0) is 14.5. The SMILES string of the molecule is CCCCCCC(C)OC(=O)CCC(=O)OCCC. The van der Waals surface area contributed by atoms with Crippen molar-refractivity contribution in [1.82, 2.24) is 0 Å². The summed E-state index contributed by atoms with van der Waals surface area (Å²) in [5.74, 6) is -0.633. The van der Waals surface area contributed by atoms with Crippen molar-refractivity contribution in [3.8, 4) is 0 Å². The molecule has 0 radical (unpaired) electrons. The standard InChI is InChI=1S/C15H28O4/c1-4-6-7-8-9-13(3)19-15(17)11-10-14(16)18-12-5-2/h13H,4-12H2,1-3H3. The molecule has 0 amide bonds. The van der Waals surface area contributed by atoms with Gasteiger partial charge in [0.25, 0.3) is 0 Å². The molecule has 0 saturated heterocycles. The molecule has 0 aliphatic carbocycles. The van der Waals surface area contributed by atoms with Gasteiger partial charge in [0.1, 0.15) is 0 Å². The first kappa shape index (κ1) is 17.9. The third kappa shape index (κ3) is 11.7. The molecule has 0 fully saturated rings. The number of hydrogen-bond donors (Lipinski definition) is 0. The molecule has 0 aliphatic heterocycles. The molecule has 112 valence electrons. The fourth-order valence-corrected chi connectivity index (χ4v) is 1.69. The van der Waals surface area contributed by atoms with Crippen molar-refractivity contribution < 1.29 is 19.1 Å². The topological polar surface area (TPSA) is 52.6 Å². The maximum Gasteiger partial charge on any atom is 0.306 e. The van der Waals surface area contributed by atoms with Crippen molar-refractivity contribution in [3.05, 3.63) is 0 Å². The first-order chi connectivity index (χ1) is 9.10. The highest BCUT2D eigenvalue weighted by Gasteiger charge is 2.12. The van der Waals surface area contributed by atoms with Crippen molar-refractivity contribution in [1.29, 1.82) is 0 Å². The van der Waals surface area contributed by atoms with Crippen LogP contribution in [0.3, 0.4) is 0 Å². The molecule has 0 heterocycles. The van der Waals surface area contributed by atoms with E-state index in [-0.39, 0.29) is 30.9 Å². The molecule has 0 aromatic rings. The fourth-order valence-electron chi connectivity index (χ4n) is 1.69. The van der Waals surface area contributed by atoms with Crippen molar-refractivity contribution in [2.75, 3.05) is 6.61 Å². The molecule has 0 spiro atoms. The summed E-state index contributed by atoms with van der Waals surface area (Å²) in [6.07, 6.45) is 6.55. The van der Waals surface area contributed by atoms with E-state index < -0.39 is 0 Å². The van der Waals surface area contributed by atoms with Crippen LogP contribution in [0.2, 0.25) is 0 Å². The van der Waals surface area contributed by atoms with Gasteiger partial charge in [0.15, 0.2) is 0 Å². The zero-order valence-corrected chi connectivity index (χ0v) is 12.6. The molecule has 0 aliphatic rings. The van der Waals surface area contributed by atoms with Crippen LogP contribution in [0, 0.1) is 0 Å². The molecule has 0 rings (SSSR count). The predicted molar refractivity (Wildman–Crippen MR) is 74.8 cm³/mol. The Bertz CT molecular complexity index is 251. The Hall–Kier alpha value is -1.06. The van der Waals surface area contributed by atoms with Crippen LogP contribution in [-0.4, -0.2) is 24.6 Å². The lowest BCUT2D eigenvalue weighted by atomic mass is 10.1. The average molecular weight is 272 g/mol. The van der Waals surface area contributed by atoms with Gasteiger partial charge in [-0.1, -0.05) is 33.1 Å².